The third kappa shape index (κ3) is 13.1. The van der Waals surface area contributed by atoms with E-state index in [-0.39, 0.29) is 0 Å². The number of hydrogen-bond acceptors (Lipinski definition) is 10. The minimum atomic E-state index is -2.46. The second-order valence-electron chi connectivity index (χ2n) is 5.49. The highest BCUT2D eigenvalue weighted by molar-refractivity contribution is 9.26. The second kappa shape index (κ2) is 19.3. The summed E-state index contributed by atoms with van der Waals surface area (Å²) in [5.74, 6) is 2.12. The molecule has 0 amide bonds. The highest BCUT2D eigenvalue weighted by atomic mass is 33.7. The molecule has 0 aliphatic heterocycles. The topological polar surface area (TPSA) is 55.4 Å². The Labute approximate surface area is 189 Å². The molecule has 0 unspecified atom stereocenters. The van der Waals surface area contributed by atoms with Crippen LogP contribution in [-0.2, 0) is 26.6 Å². The Morgan fingerprint density at radius 2 is 0.893 bits per heavy atom. The summed E-state index contributed by atoms with van der Waals surface area (Å²) in [4.78, 5) is 0. The smallest absolute Gasteiger partial charge is 0.377 e. The van der Waals surface area contributed by atoms with Crippen molar-refractivity contribution in [1.82, 2.24) is 0 Å². The predicted molar refractivity (Wildman–Crippen MR) is 131 cm³/mol. The lowest BCUT2D eigenvalue weighted by molar-refractivity contribution is 0.0858. The van der Waals surface area contributed by atoms with Crippen LogP contribution in [0, 0.1) is 0 Å². The Balaban J connectivity index is 3.83. The standard InChI is InChI=1S/C16H38O6S4Si2/c1-7-19-27(17-5,20-8-2)15-11-13-23-25-26-24-14-12-16-28(18-6,21-9-3)22-10-4/h7-16H2,1-6H3. The van der Waals surface area contributed by atoms with Gasteiger partial charge in [-0.25, -0.2) is 0 Å². The predicted octanol–water partition coefficient (Wildman–Crippen LogP) is 5.76. The Hall–Kier alpha value is 1.59. The average Bonchev–Trinajstić information content (AvgIpc) is 2.69. The molecule has 0 radical (unpaired) electrons. The minimum Gasteiger partial charge on any atom is -0.377 e. The summed E-state index contributed by atoms with van der Waals surface area (Å²) >= 11 is 0. The normalized spacial score (nSPS) is 12.6. The van der Waals surface area contributed by atoms with Crippen LogP contribution in [-0.4, -0.2) is 69.8 Å². The Kier molecular flexibility index (Phi) is 20.4. The molecule has 12 heteroatoms. The van der Waals surface area contributed by atoms with Crippen LogP contribution in [0.1, 0.15) is 40.5 Å². The lowest BCUT2D eigenvalue weighted by Gasteiger charge is -2.27. The molecule has 0 aromatic rings. The first-order valence-electron chi connectivity index (χ1n) is 9.81. The molecule has 0 aliphatic rings. The van der Waals surface area contributed by atoms with Gasteiger partial charge in [-0.3, -0.25) is 0 Å². The van der Waals surface area contributed by atoms with Crippen LogP contribution in [0.2, 0.25) is 12.1 Å². The molecule has 0 bridgehead atoms. The van der Waals surface area contributed by atoms with Crippen molar-refractivity contribution >= 4 is 58.8 Å². The Bertz CT molecular complexity index is 317. The Morgan fingerprint density at radius 3 is 1.14 bits per heavy atom. The molecule has 0 spiro atoms. The molecule has 170 valence electrons. The van der Waals surface area contributed by atoms with Gasteiger partial charge in [-0.1, -0.05) is 21.6 Å². The maximum atomic E-state index is 5.80. The monoisotopic (exact) mass is 510 g/mol. The summed E-state index contributed by atoms with van der Waals surface area (Å²) in [6.07, 6.45) is 2.07. The molecular weight excluding hydrogens is 473 g/mol. The zero-order chi connectivity index (χ0) is 21.1. The van der Waals surface area contributed by atoms with Gasteiger partial charge in [-0.05, 0) is 60.2 Å². The molecule has 0 rings (SSSR count). The fourth-order valence-corrected chi connectivity index (χ4v) is 13.8. The first-order valence-corrected chi connectivity index (χ1v) is 18.8. The lowest BCUT2D eigenvalue weighted by Crippen LogP contribution is -2.44. The van der Waals surface area contributed by atoms with Gasteiger partial charge in [0.25, 0.3) is 0 Å². The van der Waals surface area contributed by atoms with Gasteiger partial charge in [0, 0.05) is 64.2 Å². The van der Waals surface area contributed by atoms with Gasteiger partial charge in [-0.2, -0.15) is 0 Å². The summed E-state index contributed by atoms with van der Waals surface area (Å²) in [6, 6.07) is 1.74. The largest absolute Gasteiger partial charge is 0.500 e. The molecule has 0 saturated heterocycles. The zero-order valence-electron chi connectivity index (χ0n) is 18.2. The van der Waals surface area contributed by atoms with Crippen LogP contribution in [0.15, 0.2) is 0 Å². The molecule has 0 heterocycles. The van der Waals surface area contributed by atoms with E-state index >= 15 is 0 Å². The van der Waals surface area contributed by atoms with Crippen molar-refractivity contribution in [1.29, 1.82) is 0 Å². The first-order chi connectivity index (χ1) is 13.6. The summed E-state index contributed by atoms with van der Waals surface area (Å²) < 4.78 is 34.4. The van der Waals surface area contributed by atoms with E-state index in [1.807, 2.05) is 68.9 Å². The minimum absolute atomic E-state index is 0.633. The van der Waals surface area contributed by atoms with Crippen LogP contribution < -0.4 is 0 Å². The Morgan fingerprint density at radius 1 is 0.571 bits per heavy atom. The van der Waals surface area contributed by atoms with Crippen molar-refractivity contribution in [3.05, 3.63) is 0 Å². The van der Waals surface area contributed by atoms with Gasteiger partial charge < -0.3 is 26.6 Å². The van der Waals surface area contributed by atoms with Crippen LogP contribution >= 0.6 is 41.2 Å². The molecule has 0 N–H and O–H groups in total. The van der Waals surface area contributed by atoms with Crippen molar-refractivity contribution in [3.63, 3.8) is 0 Å². The lowest BCUT2D eigenvalue weighted by atomic mass is 10.6. The molecule has 0 atom stereocenters. The second-order valence-corrected chi connectivity index (χ2v) is 17.4. The van der Waals surface area contributed by atoms with Gasteiger partial charge in [0.15, 0.2) is 0 Å². The zero-order valence-corrected chi connectivity index (χ0v) is 23.4. The molecule has 0 fully saturated rings. The van der Waals surface area contributed by atoms with E-state index in [0.29, 0.717) is 26.4 Å². The van der Waals surface area contributed by atoms with Crippen molar-refractivity contribution < 1.29 is 26.6 Å². The molecular formula is C16H38O6S4Si2. The van der Waals surface area contributed by atoms with Crippen LogP contribution in [0.3, 0.4) is 0 Å². The van der Waals surface area contributed by atoms with Crippen molar-refractivity contribution in [3.8, 4) is 0 Å². The van der Waals surface area contributed by atoms with E-state index in [1.54, 1.807) is 14.2 Å². The van der Waals surface area contributed by atoms with E-state index < -0.39 is 17.6 Å². The third-order valence-electron chi connectivity index (χ3n) is 3.62. The first kappa shape index (κ1) is 29.6. The van der Waals surface area contributed by atoms with Crippen LogP contribution in [0.5, 0.6) is 0 Å². The average molecular weight is 511 g/mol. The highest BCUT2D eigenvalue weighted by Gasteiger charge is 2.39. The molecule has 28 heavy (non-hydrogen) atoms. The number of hydrogen-bond donors (Lipinski definition) is 0. The van der Waals surface area contributed by atoms with Gasteiger partial charge >= 0.3 is 17.6 Å². The van der Waals surface area contributed by atoms with Crippen molar-refractivity contribution in [2.24, 2.45) is 0 Å². The van der Waals surface area contributed by atoms with Gasteiger partial charge in [0.05, 0.1) is 0 Å². The molecule has 0 aromatic heterocycles. The molecule has 0 saturated carbocycles. The van der Waals surface area contributed by atoms with E-state index in [4.69, 9.17) is 26.6 Å². The van der Waals surface area contributed by atoms with Crippen LogP contribution in [0.25, 0.3) is 0 Å². The van der Waals surface area contributed by atoms with Gasteiger partial charge in [0.2, 0.25) is 0 Å². The fraction of sp³-hybridized carbons (Fsp3) is 1.00. The van der Waals surface area contributed by atoms with Crippen molar-refractivity contribution in [2.45, 2.75) is 52.6 Å². The van der Waals surface area contributed by atoms with E-state index in [9.17, 15) is 0 Å². The van der Waals surface area contributed by atoms with E-state index in [0.717, 1.165) is 36.4 Å². The van der Waals surface area contributed by atoms with Gasteiger partial charge in [0.1, 0.15) is 0 Å². The summed E-state index contributed by atoms with van der Waals surface area (Å²) in [5, 5.41) is 0. The summed E-state index contributed by atoms with van der Waals surface area (Å²) in [5.41, 5.74) is 0. The maximum absolute atomic E-state index is 5.80. The quantitative estimate of drug-likeness (QED) is 0.108. The van der Waals surface area contributed by atoms with E-state index in [2.05, 4.69) is 0 Å². The van der Waals surface area contributed by atoms with E-state index in [1.165, 1.54) is 0 Å². The van der Waals surface area contributed by atoms with Gasteiger partial charge in [-0.15, -0.1) is 0 Å². The summed E-state index contributed by atoms with van der Waals surface area (Å²) in [6.45, 7) is 10.5. The fourth-order valence-electron chi connectivity index (χ4n) is 2.49. The summed E-state index contributed by atoms with van der Waals surface area (Å²) in [7, 11) is 5.89. The maximum Gasteiger partial charge on any atom is 0.500 e. The van der Waals surface area contributed by atoms with Crippen LogP contribution in [0.4, 0.5) is 0 Å². The molecule has 6 nitrogen and oxygen atoms in total. The third-order valence-corrected chi connectivity index (χ3v) is 16.3. The SMILES string of the molecule is CCO[Si](CCCSSSSCCC[Si](OC)(OCC)OCC)(OC)OCC. The number of rotatable bonds is 21. The molecule has 0 aromatic carbocycles. The highest BCUT2D eigenvalue weighted by Crippen LogP contribution is 2.44. The van der Waals surface area contributed by atoms with Crippen molar-refractivity contribution in [2.75, 3.05) is 52.2 Å². The molecule has 0 aliphatic carbocycles.